The molecule has 2 N–H and O–H groups in total. The number of aromatic nitrogens is 2. The zero-order valence-corrected chi connectivity index (χ0v) is 20.4. The lowest BCUT2D eigenvalue weighted by molar-refractivity contribution is -0.123. The number of nitrogens with zero attached hydrogens (tertiary/aromatic N) is 3. The number of aromatic amines is 1. The number of nitrogens with one attached hydrogen (secondary N) is 2. The fraction of sp³-hybridized carbons (Fsp3) is 0.423. The van der Waals surface area contributed by atoms with Crippen molar-refractivity contribution in [1.82, 2.24) is 19.8 Å². The molecule has 34 heavy (non-hydrogen) atoms. The largest absolute Gasteiger partial charge is 0.341 e. The van der Waals surface area contributed by atoms with Crippen molar-refractivity contribution < 1.29 is 9.59 Å². The molecule has 2 fully saturated rings. The van der Waals surface area contributed by atoms with Gasteiger partial charge in [0.1, 0.15) is 11.2 Å². The Morgan fingerprint density at radius 2 is 1.79 bits per heavy atom. The lowest BCUT2D eigenvalue weighted by Crippen LogP contribution is -2.49. The van der Waals surface area contributed by atoms with Crippen molar-refractivity contribution in [2.45, 2.75) is 38.0 Å². The Labute approximate surface area is 204 Å². The second-order valence-electron chi connectivity index (χ2n) is 9.62. The molecule has 0 aliphatic carbocycles. The van der Waals surface area contributed by atoms with E-state index in [1.807, 2.05) is 48.2 Å². The Kier molecular flexibility index (Phi) is 6.08. The number of carbonyl (C=O) groups is 2. The quantitative estimate of drug-likeness (QED) is 0.582. The summed E-state index contributed by atoms with van der Waals surface area (Å²) in [4.78, 5) is 38.9. The molecule has 8 heteroatoms. The topological polar surface area (TPSA) is 81.3 Å². The molecule has 2 aliphatic rings. The van der Waals surface area contributed by atoms with Gasteiger partial charge in [0, 0.05) is 29.4 Å². The molecule has 2 aliphatic heterocycles. The predicted molar refractivity (Wildman–Crippen MR) is 134 cm³/mol. The van der Waals surface area contributed by atoms with E-state index in [0.29, 0.717) is 34.9 Å². The van der Waals surface area contributed by atoms with Crippen LogP contribution in [0.15, 0.2) is 36.4 Å². The molecule has 2 saturated heterocycles. The summed E-state index contributed by atoms with van der Waals surface area (Å²) in [5, 5.41) is 3.76. The molecule has 3 heterocycles. The Morgan fingerprint density at radius 1 is 1.06 bits per heavy atom. The first-order chi connectivity index (χ1) is 16.4. The smallest absolute Gasteiger partial charge is 0.254 e. The SMILES string of the molecule is Cc1cc(NC(=O)C2(c3nc4ccc(Cl)cc4[nH]3)CCN(C)CC2)ccc1C(=O)N1CCCC1. The normalized spacial score (nSPS) is 18.4. The van der Waals surface area contributed by atoms with Gasteiger partial charge >= 0.3 is 0 Å². The van der Waals surface area contributed by atoms with Crippen LogP contribution in [0.4, 0.5) is 5.69 Å². The molecule has 2 aromatic carbocycles. The van der Waals surface area contributed by atoms with E-state index in [2.05, 4.69) is 22.2 Å². The highest BCUT2D eigenvalue weighted by molar-refractivity contribution is 6.31. The number of piperidine rings is 1. The van der Waals surface area contributed by atoms with Crippen molar-refractivity contribution in [3.8, 4) is 0 Å². The van der Waals surface area contributed by atoms with E-state index in [1.165, 1.54) is 0 Å². The van der Waals surface area contributed by atoms with Gasteiger partial charge in [0.15, 0.2) is 0 Å². The molecule has 1 aromatic heterocycles. The van der Waals surface area contributed by atoms with Crippen molar-refractivity contribution in [2.75, 3.05) is 38.5 Å². The second kappa shape index (κ2) is 9.04. The van der Waals surface area contributed by atoms with Gasteiger partial charge in [-0.1, -0.05) is 11.6 Å². The van der Waals surface area contributed by atoms with Crippen LogP contribution in [0.25, 0.3) is 11.0 Å². The highest BCUT2D eigenvalue weighted by atomic mass is 35.5. The van der Waals surface area contributed by atoms with Crippen LogP contribution in [0.2, 0.25) is 5.02 Å². The minimum atomic E-state index is -0.768. The van der Waals surface area contributed by atoms with Crippen molar-refractivity contribution in [2.24, 2.45) is 0 Å². The number of hydrogen-bond acceptors (Lipinski definition) is 4. The predicted octanol–water partition coefficient (Wildman–Crippen LogP) is 4.36. The van der Waals surface area contributed by atoms with Gasteiger partial charge in [0.25, 0.3) is 5.91 Å². The molecule has 0 radical (unpaired) electrons. The summed E-state index contributed by atoms with van der Waals surface area (Å²) in [5.41, 5.74) is 3.11. The summed E-state index contributed by atoms with van der Waals surface area (Å²) in [6.45, 7) is 5.15. The van der Waals surface area contributed by atoms with E-state index in [-0.39, 0.29) is 11.8 Å². The van der Waals surface area contributed by atoms with Gasteiger partial charge in [-0.05, 0) is 94.7 Å². The van der Waals surface area contributed by atoms with Crippen LogP contribution >= 0.6 is 11.6 Å². The van der Waals surface area contributed by atoms with Crippen molar-refractivity contribution in [3.63, 3.8) is 0 Å². The van der Waals surface area contributed by atoms with Crippen molar-refractivity contribution in [3.05, 3.63) is 58.4 Å². The number of benzene rings is 2. The number of imidazole rings is 1. The molecule has 5 rings (SSSR count). The van der Waals surface area contributed by atoms with Crippen LogP contribution in [-0.4, -0.2) is 64.8 Å². The summed E-state index contributed by atoms with van der Waals surface area (Å²) in [6.07, 6.45) is 3.44. The Bertz CT molecular complexity index is 1240. The number of aryl methyl sites for hydroxylation is 1. The third-order valence-corrected chi connectivity index (χ3v) is 7.52. The van der Waals surface area contributed by atoms with E-state index >= 15 is 0 Å². The Hall–Kier alpha value is -2.90. The van der Waals surface area contributed by atoms with Crippen LogP contribution in [0, 0.1) is 6.92 Å². The molecule has 178 valence electrons. The van der Waals surface area contributed by atoms with E-state index in [9.17, 15) is 9.59 Å². The summed E-state index contributed by atoms with van der Waals surface area (Å²) in [6, 6.07) is 11.1. The molecule has 3 aromatic rings. The van der Waals surface area contributed by atoms with Crippen LogP contribution in [0.5, 0.6) is 0 Å². The average molecular weight is 480 g/mol. The van der Waals surface area contributed by atoms with Gasteiger partial charge in [-0.25, -0.2) is 4.98 Å². The molecular formula is C26H30ClN5O2. The Balaban J connectivity index is 1.43. The minimum Gasteiger partial charge on any atom is -0.341 e. The van der Waals surface area contributed by atoms with E-state index in [0.717, 1.165) is 55.6 Å². The van der Waals surface area contributed by atoms with E-state index < -0.39 is 5.41 Å². The lowest BCUT2D eigenvalue weighted by atomic mass is 9.76. The molecular weight excluding hydrogens is 450 g/mol. The van der Waals surface area contributed by atoms with E-state index in [1.54, 1.807) is 0 Å². The number of amides is 2. The highest BCUT2D eigenvalue weighted by Gasteiger charge is 2.45. The molecule has 7 nitrogen and oxygen atoms in total. The van der Waals surface area contributed by atoms with Gasteiger partial charge in [0.05, 0.1) is 11.0 Å². The van der Waals surface area contributed by atoms with Crippen LogP contribution in [0.3, 0.4) is 0 Å². The zero-order chi connectivity index (χ0) is 23.9. The summed E-state index contributed by atoms with van der Waals surface area (Å²) >= 11 is 6.17. The van der Waals surface area contributed by atoms with Gasteiger partial charge < -0.3 is 20.1 Å². The lowest BCUT2D eigenvalue weighted by Gasteiger charge is -2.38. The average Bonchev–Trinajstić information content (AvgIpc) is 3.49. The summed E-state index contributed by atoms with van der Waals surface area (Å²) in [7, 11) is 2.07. The third kappa shape index (κ3) is 4.18. The Morgan fingerprint density at radius 3 is 2.50 bits per heavy atom. The van der Waals surface area contributed by atoms with Crippen molar-refractivity contribution in [1.29, 1.82) is 0 Å². The first-order valence-corrected chi connectivity index (χ1v) is 12.3. The zero-order valence-electron chi connectivity index (χ0n) is 19.7. The number of H-pyrrole nitrogens is 1. The third-order valence-electron chi connectivity index (χ3n) is 7.28. The number of likely N-dealkylation sites (tertiary alicyclic amines) is 2. The number of hydrogen-bond donors (Lipinski definition) is 2. The van der Waals surface area contributed by atoms with Gasteiger partial charge in [-0.15, -0.1) is 0 Å². The van der Waals surface area contributed by atoms with Gasteiger partial charge in [0.2, 0.25) is 5.91 Å². The minimum absolute atomic E-state index is 0.0700. The maximum absolute atomic E-state index is 13.8. The molecule has 0 atom stereocenters. The standard InChI is InChI=1S/C26H30ClN5O2/c1-17-15-19(6-7-20(17)23(33)32-11-3-4-12-32)28-25(34)26(9-13-31(2)14-10-26)24-29-21-8-5-18(27)16-22(21)30-24/h5-8,15-16H,3-4,9-14H2,1-2H3,(H,28,34)(H,29,30). The number of carbonyl (C=O) groups excluding carboxylic acids is 2. The first kappa shape index (κ1) is 22.9. The molecule has 0 saturated carbocycles. The van der Waals surface area contributed by atoms with Crippen molar-refractivity contribution >= 4 is 40.1 Å². The van der Waals surface area contributed by atoms with E-state index in [4.69, 9.17) is 16.6 Å². The second-order valence-corrected chi connectivity index (χ2v) is 10.1. The molecule has 0 spiro atoms. The van der Waals surface area contributed by atoms with Gasteiger partial charge in [-0.2, -0.15) is 0 Å². The van der Waals surface area contributed by atoms with Crippen LogP contribution in [-0.2, 0) is 10.2 Å². The van der Waals surface area contributed by atoms with Crippen LogP contribution in [0.1, 0.15) is 47.4 Å². The molecule has 0 unspecified atom stereocenters. The molecule has 0 bridgehead atoms. The highest BCUT2D eigenvalue weighted by Crippen LogP contribution is 2.36. The van der Waals surface area contributed by atoms with Gasteiger partial charge in [-0.3, -0.25) is 9.59 Å². The fourth-order valence-corrected chi connectivity index (χ4v) is 5.27. The fourth-order valence-electron chi connectivity index (χ4n) is 5.10. The first-order valence-electron chi connectivity index (χ1n) is 11.9. The summed E-state index contributed by atoms with van der Waals surface area (Å²) < 4.78 is 0. The molecule has 2 amide bonds. The summed E-state index contributed by atoms with van der Waals surface area (Å²) in [5.74, 6) is 0.664. The number of fused-ring (bicyclic) bond motifs is 1. The number of anilines is 1. The number of rotatable bonds is 4. The number of halogens is 1. The maximum Gasteiger partial charge on any atom is 0.254 e. The van der Waals surface area contributed by atoms with Crippen LogP contribution < -0.4 is 5.32 Å². The monoisotopic (exact) mass is 479 g/mol. The maximum atomic E-state index is 13.8.